The minimum atomic E-state index is 0.211. The van der Waals surface area contributed by atoms with E-state index in [0.29, 0.717) is 31.0 Å². The lowest BCUT2D eigenvalue weighted by molar-refractivity contribution is -0.122. The normalized spacial score (nSPS) is 26.6. The molecule has 0 aliphatic carbocycles. The van der Waals surface area contributed by atoms with Crippen LogP contribution in [-0.2, 0) is 11.2 Å². The summed E-state index contributed by atoms with van der Waals surface area (Å²) < 4.78 is 0. The van der Waals surface area contributed by atoms with Crippen LogP contribution in [0, 0.1) is 5.92 Å². The highest BCUT2D eigenvalue weighted by atomic mass is 16.1. The van der Waals surface area contributed by atoms with Crippen molar-refractivity contribution in [1.29, 1.82) is 0 Å². The van der Waals surface area contributed by atoms with Gasteiger partial charge in [-0.2, -0.15) is 0 Å². The lowest BCUT2D eigenvalue weighted by atomic mass is 9.89. The van der Waals surface area contributed by atoms with E-state index in [1.165, 1.54) is 36.8 Å². The number of nitrogens with one attached hydrogen (secondary N) is 2. The molecule has 2 N–H and O–H groups in total. The zero-order chi connectivity index (χ0) is 17.8. The Morgan fingerprint density at radius 1 is 1.20 bits per heavy atom. The number of hydrogen-bond donors (Lipinski definition) is 2. The number of hydrogen-bond acceptors (Lipinski definition) is 3. The maximum absolute atomic E-state index is 12.5. The Balaban J connectivity index is 1.51. The summed E-state index contributed by atoms with van der Waals surface area (Å²) in [6.45, 7) is 2.85. The van der Waals surface area contributed by atoms with Crippen LogP contribution in [-0.4, -0.2) is 43.5 Å². The second kappa shape index (κ2) is 8.33. The lowest BCUT2D eigenvalue weighted by Crippen LogP contribution is -2.40. The van der Waals surface area contributed by atoms with Gasteiger partial charge in [0.1, 0.15) is 0 Å². The van der Waals surface area contributed by atoms with Crippen molar-refractivity contribution in [3.8, 4) is 0 Å². The summed E-state index contributed by atoms with van der Waals surface area (Å²) in [6.07, 6.45) is 6.66. The van der Waals surface area contributed by atoms with Gasteiger partial charge in [0.25, 0.3) is 0 Å². The maximum Gasteiger partial charge on any atom is 0.220 e. The van der Waals surface area contributed by atoms with E-state index in [-0.39, 0.29) is 11.9 Å². The summed E-state index contributed by atoms with van der Waals surface area (Å²) in [5.41, 5.74) is 2.62. The molecule has 1 amide bonds. The number of likely N-dealkylation sites (N-methyl/N-ethyl adjacent to an activating group) is 1. The molecule has 2 fully saturated rings. The Kier molecular flexibility index (Phi) is 6.13. The van der Waals surface area contributed by atoms with Crippen LogP contribution in [0.15, 0.2) is 24.3 Å². The van der Waals surface area contributed by atoms with E-state index < -0.39 is 0 Å². The van der Waals surface area contributed by atoms with Gasteiger partial charge in [-0.05, 0) is 63.2 Å². The molecule has 2 saturated heterocycles. The van der Waals surface area contributed by atoms with E-state index in [2.05, 4.69) is 60.8 Å². The fraction of sp³-hybridized carbons (Fsp3) is 0.667. The van der Waals surface area contributed by atoms with Crippen LogP contribution >= 0.6 is 0 Å². The highest BCUT2D eigenvalue weighted by Gasteiger charge is 2.34. The van der Waals surface area contributed by atoms with Crippen molar-refractivity contribution in [1.82, 2.24) is 15.5 Å². The van der Waals surface area contributed by atoms with Crippen LogP contribution in [0.1, 0.15) is 56.2 Å². The number of fused-ring (bicyclic) bond motifs is 2. The van der Waals surface area contributed by atoms with Crippen molar-refractivity contribution in [2.24, 2.45) is 5.92 Å². The molecule has 4 nitrogen and oxygen atoms in total. The number of aryl methyl sites for hydroxylation is 1. The molecule has 1 aromatic rings. The third-order valence-electron chi connectivity index (χ3n) is 5.93. The van der Waals surface area contributed by atoms with E-state index in [1.807, 2.05) is 0 Å². The van der Waals surface area contributed by atoms with Gasteiger partial charge in [0.2, 0.25) is 5.91 Å². The number of benzene rings is 1. The van der Waals surface area contributed by atoms with E-state index >= 15 is 0 Å². The molecule has 25 heavy (non-hydrogen) atoms. The van der Waals surface area contributed by atoms with Crippen LogP contribution in [0.3, 0.4) is 0 Å². The smallest absolute Gasteiger partial charge is 0.220 e. The number of nitrogens with zero attached hydrogens (tertiary/aromatic N) is 1. The second-order valence-electron chi connectivity index (χ2n) is 8.06. The van der Waals surface area contributed by atoms with Crippen molar-refractivity contribution in [3.05, 3.63) is 35.4 Å². The lowest BCUT2D eigenvalue weighted by Gasteiger charge is -2.29. The Bertz CT molecular complexity index is 557. The van der Waals surface area contributed by atoms with Crippen LogP contribution in [0.4, 0.5) is 0 Å². The third-order valence-corrected chi connectivity index (χ3v) is 5.93. The first-order valence-corrected chi connectivity index (χ1v) is 9.83. The van der Waals surface area contributed by atoms with E-state index in [0.717, 1.165) is 6.42 Å². The zero-order valence-corrected chi connectivity index (χ0v) is 15.9. The Morgan fingerprint density at radius 2 is 1.84 bits per heavy atom. The van der Waals surface area contributed by atoms with Crippen molar-refractivity contribution < 1.29 is 4.79 Å². The van der Waals surface area contributed by atoms with Crippen molar-refractivity contribution >= 4 is 5.91 Å². The summed E-state index contributed by atoms with van der Waals surface area (Å²) in [5, 5.41) is 6.84. The first kappa shape index (κ1) is 18.4. The van der Waals surface area contributed by atoms with E-state index in [4.69, 9.17) is 0 Å². The van der Waals surface area contributed by atoms with Crippen LogP contribution < -0.4 is 10.6 Å². The minimum Gasteiger partial charge on any atom is -0.354 e. The van der Waals surface area contributed by atoms with Gasteiger partial charge in [0, 0.05) is 25.0 Å². The summed E-state index contributed by atoms with van der Waals surface area (Å²) in [7, 11) is 4.16. The predicted molar refractivity (Wildman–Crippen MR) is 103 cm³/mol. The average molecular weight is 344 g/mol. The van der Waals surface area contributed by atoms with Crippen LogP contribution in [0.2, 0.25) is 0 Å². The van der Waals surface area contributed by atoms with Gasteiger partial charge in [0.15, 0.2) is 0 Å². The van der Waals surface area contributed by atoms with Gasteiger partial charge in [-0.3, -0.25) is 4.79 Å². The van der Waals surface area contributed by atoms with Crippen molar-refractivity contribution in [3.63, 3.8) is 0 Å². The summed E-state index contributed by atoms with van der Waals surface area (Å²) in [5.74, 6) is 0.767. The zero-order valence-electron chi connectivity index (χ0n) is 15.9. The molecule has 3 unspecified atom stereocenters. The second-order valence-corrected chi connectivity index (χ2v) is 8.06. The monoisotopic (exact) mass is 343 g/mol. The average Bonchev–Trinajstić information content (AvgIpc) is 2.94. The Morgan fingerprint density at radius 3 is 2.40 bits per heavy atom. The van der Waals surface area contributed by atoms with E-state index in [9.17, 15) is 4.79 Å². The maximum atomic E-state index is 12.5. The van der Waals surface area contributed by atoms with Gasteiger partial charge in [-0.25, -0.2) is 0 Å². The number of amides is 1. The first-order chi connectivity index (χ1) is 12.0. The fourth-order valence-corrected chi connectivity index (χ4v) is 4.46. The van der Waals surface area contributed by atoms with Gasteiger partial charge in [0.05, 0.1) is 6.04 Å². The molecule has 0 saturated carbocycles. The molecule has 1 aromatic carbocycles. The summed E-state index contributed by atoms with van der Waals surface area (Å²) >= 11 is 0. The Labute approximate surface area is 152 Å². The molecule has 2 aliphatic heterocycles. The molecule has 2 heterocycles. The topological polar surface area (TPSA) is 44.4 Å². The Hall–Kier alpha value is -1.39. The molecule has 0 radical (unpaired) electrons. The van der Waals surface area contributed by atoms with Crippen molar-refractivity contribution in [2.45, 2.75) is 63.6 Å². The predicted octanol–water partition coefficient (Wildman–Crippen LogP) is 2.89. The minimum absolute atomic E-state index is 0.211. The van der Waals surface area contributed by atoms with Gasteiger partial charge >= 0.3 is 0 Å². The highest BCUT2D eigenvalue weighted by molar-refractivity contribution is 5.76. The largest absolute Gasteiger partial charge is 0.354 e. The first-order valence-electron chi connectivity index (χ1n) is 9.83. The van der Waals surface area contributed by atoms with Gasteiger partial charge < -0.3 is 15.5 Å². The standard InChI is InChI=1S/C21H33N3O/c1-4-15-5-7-17(8-6-15)20(24(2)3)14-22-21(25)13-16-11-18-9-10-19(12-16)23-18/h5-8,16,18-20,23H,4,9-14H2,1-3H3,(H,22,25). The van der Waals surface area contributed by atoms with Crippen molar-refractivity contribution in [2.75, 3.05) is 20.6 Å². The van der Waals surface area contributed by atoms with Crippen LogP contribution in [0.5, 0.6) is 0 Å². The molecule has 2 bridgehead atoms. The SMILES string of the molecule is CCc1ccc(C(CNC(=O)CC2CC3CCC(C2)N3)N(C)C)cc1. The molecular formula is C21H33N3O. The summed E-state index contributed by atoms with van der Waals surface area (Å²) in [6, 6.07) is 10.3. The number of rotatable bonds is 7. The van der Waals surface area contributed by atoms with E-state index in [1.54, 1.807) is 0 Å². The quantitative estimate of drug-likeness (QED) is 0.800. The molecule has 2 aliphatic rings. The number of carbonyl (C=O) groups is 1. The molecular weight excluding hydrogens is 310 g/mol. The number of piperidine rings is 1. The third kappa shape index (κ3) is 4.83. The molecule has 3 atom stereocenters. The van der Waals surface area contributed by atoms with Gasteiger partial charge in [-0.15, -0.1) is 0 Å². The molecule has 0 aromatic heterocycles. The molecule has 0 spiro atoms. The van der Waals surface area contributed by atoms with Crippen LogP contribution in [0.25, 0.3) is 0 Å². The highest BCUT2D eigenvalue weighted by Crippen LogP contribution is 2.32. The molecule has 138 valence electrons. The number of carbonyl (C=O) groups excluding carboxylic acids is 1. The fourth-order valence-electron chi connectivity index (χ4n) is 4.46. The molecule has 3 rings (SSSR count). The molecule has 4 heteroatoms. The van der Waals surface area contributed by atoms with Gasteiger partial charge in [-0.1, -0.05) is 31.2 Å². The summed E-state index contributed by atoms with van der Waals surface area (Å²) in [4.78, 5) is 14.6.